The number of hydrogen-bond acceptors (Lipinski definition) is 2. The van der Waals surface area contributed by atoms with Crippen LogP contribution in [0.2, 0.25) is 0 Å². The first-order valence-electron chi connectivity index (χ1n) is 5.27. The maximum atomic E-state index is 5.85. The van der Waals surface area contributed by atoms with Crippen molar-refractivity contribution in [2.24, 2.45) is 5.73 Å². The average molecular weight is 191 g/mol. The van der Waals surface area contributed by atoms with E-state index in [0.717, 1.165) is 31.6 Å². The SMILES string of the molecule is CCn1ccnc1C1=CCC(N)CC1. The lowest BCUT2D eigenvalue weighted by Crippen LogP contribution is -2.22. The third-order valence-corrected chi connectivity index (χ3v) is 2.79. The fourth-order valence-corrected chi connectivity index (χ4v) is 1.91. The average Bonchev–Trinajstić information content (AvgIpc) is 2.67. The lowest BCUT2D eigenvalue weighted by molar-refractivity contribution is 0.608. The third kappa shape index (κ3) is 1.73. The molecule has 0 saturated heterocycles. The van der Waals surface area contributed by atoms with Crippen molar-refractivity contribution in [1.29, 1.82) is 0 Å². The zero-order valence-corrected chi connectivity index (χ0v) is 8.61. The molecule has 2 N–H and O–H groups in total. The molecule has 1 aromatic heterocycles. The van der Waals surface area contributed by atoms with Gasteiger partial charge in [0.1, 0.15) is 5.82 Å². The first kappa shape index (κ1) is 9.46. The summed E-state index contributed by atoms with van der Waals surface area (Å²) in [5, 5.41) is 0. The monoisotopic (exact) mass is 191 g/mol. The van der Waals surface area contributed by atoms with E-state index >= 15 is 0 Å². The number of nitrogens with zero attached hydrogens (tertiary/aromatic N) is 2. The second-order valence-electron chi connectivity index (χ2n) is 3.80. The summed E-state index contributed by atoms with van der Waals surface area (Å²) in [6, 6.07) is 0.351. The van der Waals surface area contributed by atoms with Gasteiger partial charge in [0.05, 0.1) is 0 Å². The first-order chi connectivity index (χ1) is 6.81. The normalized spacial score (nSPS) is 22.1. The molecule has 1 unspecified atom stereocenters. The maximum absolute atomic E-state index is 5.85. The van der Waals surface area contributed by atoms with Crippen molar-refractivity contribution in [3.05, 3.63) is 24.3 Å². The van der Waals surface area contributed by atoms with Gasteiger partial charge in [0, 0.05) is 25.0 Å². The molecule has 1 aliphatic rings. The van der Waals surface area contributed by atoms with Gasteiger partial charge in [-0.2, -0.15) is 0 Å². The predicted octanol–water partition coefficient (Wildman–Crippen LogP) is 1.80. The van der Waals surface area contributed by atoms with Crippen LogP contribution in [-0.2, 0) is 6.54 Å². The molecule has 3 heteroatoms. The number of imidazole rings is 1. The number of nitrogens with two attached hydrogens (primary N) is 1. The second kappa shape index (κ2) is 3.96. The molecule has 76 valence electrons. The molecule has 0 aliphatic heterocycles. The van der Waals surface area contributed by atoms with Gasteiger partial charge in [-0.3, -0.25) is 0 Å². The van der Waals surface area contributed by atoms with Crippen molar-refractivity contribution >= 4 is 5.57 Å². The summed E-state index contributed by atoms with van der Waals surface area (Å²) >= 11 is 0. The highest BCUT2D eigenvalue weighted by atomic mass is 15.1. The fourth-order valence-electron chi connectivity index (χ4n) is 1.91. The molecular weight excluding hydrogens is 174 g/mol. The summed E-state index contributed by atoms with van der Waals surface area (Å²) in [5.41, 5.74) is 7.21. The van der Waals surface area contributed by atoms with Gasteiger partial charge in [-0.25, -0.2) is 4.98 Å². The van der Waals surface area contributed by atoms with Crippen LogP contribution in [0.3, 0.4) is 0 Å². The Morgan fingerprint density at radius 3 is 3.14 bits per heavy atom. The molecule has 14 heavy (non-hydrogen) atoms. The predicted molar refractivity (Wildman–Crippen MR) is 57.7 cm³/mol. The molecule has 0 radical (unpaired) electrons. The van der Waals surface area contributed by atoms with E-state index in [9.17, 15) is 0 Å². The van der Waals surface area contributed by atoms with Crippen LogP contribution in [0.15, 0.2) is 18.5 Å². The van der Waals surface area contributed by atoms with E-state index in [1.54, 1.807) is 0 Å². The van der Waals surface area contributed by atoms with E-state index in [4.69, 9.17) is 5.73 Å². The number of aromatic nitrogens is 2. The summed E-state index contributed by atoms with van der Waals surface area (Å²) in [4.78, 5) is 4.39. The lowest BCUT2D eigenvalue weighted by atomic mass is 9.95. The number of aryl methyl sites for hydroxylation is 1. The first-order valence-corrected chi connectivity index (χ1v) is 5.27. The van der Waals surface area contributed by atoms with Crippen LogP contribution in [-0.4, -0.2) is 15.6 Å². The van der Waals surface area contributed by atoms with Crippen LogP contribution < -0.4 is 5.73 Å². The zero-order chi connectivity index (χ0) is 9.97. The maximum Gasteiger partial charge on any atom is 0.135 e. The van der Waals surface area contributed by atoms with E-state index in [1.807, 2.05) is 12.4 Å². The van der Waals surface area contributed by atoms with E-state index in [2.05, 4.69) is 22.6 Å². The molecule has 0 fully saturated rings. The minimum Gasteiger partial charge on any atom is -0.332 e. The highest BCUT2D eigenvalue weighted by molar-refractivity contribution is 5.61. The fraction of sp³-hybridized carbons (Fsp3) is 0.545. The molecule has 3 nitrogen and oxygen atoms in total. The lowest BCUT2D eigenvalue weighted by Gasteiger charge is -2.18. The molecule has 1 heterocycles. The molecular formula is C11H17N3. The van der Waals surface area contributed by atoms with Gasteiger partial charge in [0.2, 0.25) is 0 Å². The van der Waals surface area contributed by atoms with Crippen LogP contribution in [0, 0.1) is 0 Å². The van der Waals surface area contributed by atoms with Gasteiger partial charge in [-0.15, -0.1) is 0 Å². The minimum absolute atomic E-state index is 0.351. The molecule has 2 rings (SSSR count). The summed E-state index contributed by atoms with van der Waals surface area (Å²) in [6.45, 7) is 3.12. The van der Waals surface area contributed by atoms with Crippen LogP contribution >= 0.6 is 0 Å². The molecule has 1 atom stereocenters. The van der Waals surface area contributed by atoms with Crippen molar-refractivity contribution in [2.75, 3.05) is 0 Å². The molecule has 0 bridgehead atoms. The van der Waals surface area contributed by atoms with Crippen LogP contribution in [0.5, 0.6) is 0 Å². The number of hydrogen-bond donors (Lipinski definition) is 1. The summed E-state index contributed by atoms with van der Waals surface area (Å²) in [7, 11) is 0. The van der Waals surface area contributed by atoms with Crippen molar-refractivity contribution in [1.82, 2.24) is 9.55 Å². The zero-order valence-electron chi connectivity index (χ0n) is 8.61. The van der Waals surface area contributed by atoms with Gasteiger partial charge < -0.3 is 10.3 Å². The number of rotatable bonds is 2. The van der Waals surface area contributed by atoms with E-state index in [0.29, 0.717) is 6.04 Å². The minimum atomic E-state index is 0.351. The summed E-state index contributed by atoms with van der Waals surface area (Å²) in [5.74, 6) is 1.12. The van der Waals surface area contributed by atoms with E-state index in [1.165, 1.54) is 5.57 Å². The molecule has 1 aliphatic carbocycles. The quantitative estimate of drug-likeness (QED) is 0.774. The second-order valence-corrected chi connectivity index (χ2v) is 3.80. The molecule has 1 aromatic rings. The number of allylic oxidation sites excluding steroid dienone is 1. The summed E-state index contributed by atoms with van der Waals surface area (Å²) in [6.07, 6.45) is 9.29. The Balaban J connectivity index is 2.23. The summed E-state index contributed by atoms with van der Waals surface area (Å²) < 4.78 is 2.18. The van der Waals surface area contributed by atoms with Gasteiger partial charge in [0.25, 0.3) is 0 Å². The van der Waals surface area contributed by atoms with Crippen molar-refractivity contribution in [2.45, 2.75) is 38.8 Å². The Kier molecular flexibility index (Phi) is 2.68. The molecule has 0 amide bonds. The molecule has 0 spiro atoms. The Labute approximate surface area is 84.6 Å². The Hall–Kier alpha value is -1.09. The largest absolute Gasteiger partial charge is 0.332 e. The molecule has 0 aromatic carbocycles. The van der Waals surface area contributed by atoms with Gasteiger partial charge >= 0.3 is 0 Å². The van der Waals surface area contributed by atoms with Crippen molar-refractivity contribution < 1.29 is 0 Å². The van der Waals surface area contributed by atoms with Crippen LogP contribution in [0.4, 0.5) is 0 Å². The third-order valence-electron chi connectivity index (χ3n) is 2.79. The molecule has 0 saturated carbocycles. The Morgan fingerprint density at radius 1 is 1.64 bits per heavy atom. The van der Waals surface area contributed by atoms with E-state index in [-0.39, 0.29) is 0 Å². The highest BCUT2D eigenvalue weighted by Crippen LogP contribution is 2.24. The highest BCUT2D eigenvalue weighted by Gasteiger charge is 2.14. The topological polar surface area (TPSA) is 43.8 Å². The Morgan fingerprint density at radius 2 is 2.50 bits per heavy atom. The van der Waals surface area contributed by atoms with Gasteiger partial charge in [0.15, 0.2) is 0 Å². The van der Waals surface area contributed by atoms with Crippen LogP contribution in [0.25, 0.3) is 5.57 Å². The van der Waals surface area contributed by atoms with Gasteiger partial charge in [-0.05, 0) is 31.8 Å². The van der Waals surface area contributed by atoms with Crippen molar-refractivity contribution in [3.8, 4) is 0 Å². The van der Waals surface area contributed by atoms with Crippen molar-refractivity contribution in [3.63, 3.8) is 0 Å². The Bertz CT molecular complexity index is 338. The smallest absolute Gasteiger partial charge is 0.135 e. The standard InChI is InChI=1S/C11H17N3/c1-2-14-8-7-13-11(14)9-3-5-10(12)6-4-9/h3,7-8,10H,2,4-6,12H2,1H3. The van der Waals surface area contributed by atoms with E-state index < -0.39 is 0 Å². The van der Waals surface area contributed by atoms with Gasteiger partial charge in [-0.1, -0.05) is 6.08 Å². The van der Waals surface area contributed by atoms with Crippen LogP contribution in [0.1, 0.15) is 32.0 Å².